The molecule has 0 aromatic heterocycles. The molecule has 6 nitrogen and oxygen atoms in total. The maximum atomic E-state index is 12.1. The van der Waals surface area contributed by atoms with E-state index in [1.54, 1.807) is 6.20 Å². The Morgan fingerprint density at radius 1 is 1.26 bits per heavy atom. The Morgan fingerprint density at radius 2 is 1.91 bits per heavy atom. The van der Waals surface area contributed by atoms with Crippen LogP contribution in [0.25, 0.3) is 0 Å². The van der Waals surface area contributed by atoms with Crippen molar-refractivity contribution >= 4 is 11.9 Å². The third-order valence-electron chi connectivity index (χ3n) is 4.26. The number of hydrogen-bond donors (Lipinski definition) is 2. The number of carbonyl (C=O) groups excluding carboxylic acids is 1. The van der Waals surface area contributed by atoms with Gasteiger partial charge in [0.15, 0.2) is 0 Å². The molecule has 0 spiro atoms. The lowest BCUT2D eigenvalue weighted by molar-refractivity contribution is -0.137. The van der Waals surface area contributed by atoms with Gasteiger partial charge in [-0.1, -0.05) is 6.42 Å². The van der Waals surface area contributed by atoms with E-state index in [1.807, 2.05) is 6.07 Å². The van der Waals surface area contributed by atoms with Crippen LogP contribution in [0.5, 0.6) is 0 Å². The summed E-state index contributed by atoms with van der Waals surface area (Å²) in [6.07, 6.45) is 7.24. The number of amides is 1. The minimum atomic E-state index is -0.798. The van der Waals surface area contributed by atoms with Gasteiger partial charge in [0.2, 0.25) is 0 Å². The summed E-state index contributed by atoms with van der Waals surface area (Å²) < 4.78 is 0. The number of rotatable bonds is 8. The molecule has 2 N–H and O–H groups in total. The van der Waals surface area contributed by atoms with Crippen LogP contribution in [-0.4, -0.2) is 40.5 Å². The van der Waals surface area contributed by atoms with Crippen LogP contribution in [0.3, 0.4) is 0 Å². The molecule has 1 aliphatic rings. The van der Waals surface area contributed by atoms with Gasteiger partial charge in [0, 0.05) is 31.2 Å². The van der Waals surface area contributed by atoms with E-state index in [4.69, 9.17) is 5.11 Å². The smallest absolute Gasteiger partial charge is 0.303 e. The van der Waals surface area contributed by atoms with Crippen molar-refractivity contribution in [2.24, 2.45) is 0 Å². The second-order valence-electron chi connectivity index (χ2n) is 6.19. The lowest BCUT2D eigenvalue weighted by Gasteiger charge is -2.38. The van der Waals surface area contributed by atoms with Crippen LogP contribution in [0.1, 0.15) is 58.8 Å². The van der Waals surface area contributed by atoms with Gasteiger partial charge in [0.05, 0.1) is 0 Å². The summed E-state index contributed by atoms with van der Waals surface area (Å²) in [5.41, 5.74) is 0.135. The topological polar surface area (TPSA) is 93.4 Å². The summed E-state index contributed by atoms with van der Waals surface area (Å²) in [5, 5.41) is 20.5. The molecule has 1 fully saturated rings. The molecule has 6 heteroatoms. The minimum Gasteiger partial charge on any atom is -0.481 e. The van der Waals surface area contributed by atoms with E-state index in [9.17, 15) is 14.9 Å². The Hall–Kier alpha value is -2.03. The van der Waals surface area contributed by atoms with E-state index < -0.39 is 5.97 Å². The fourth-order valence-electron chi connectivity index (χ4n) is 2.86. The highest BCUT2D eigenvalue weighted by molar-refractivity contribution is 5.97. The van der Waals surface area contributed by atoms with Crippen LogP contribution in [0.4, 0.5) is 0 Å². The Labute approximate surface area is 138 Å². The summed E-state index contributed by atoms with van der Waals surface area (Å²) in [6, 6.07) is 2.66. The van der Waals surface area contributed by atoms with Crippen molar-refractivity contribution in [3.63, 3.8) is 0 Å². The minimum absolute atomic E-state index is 0.135. The largest absolute Gasteiger partial charge is 0.481 e. The number of nitrogens with zero attached hydrogens (tertiary/aromatic N) is 2. The Balaban J connectivity index is 2.44. The molecule has 0 bridgehead atoms. The highest BCUT2D eigenvalue weighted by atomic mass is 16.4. The van der Waals surface area contributed by atoms with Crippen LogP contribution < -0.4 is 5.32 Å². The van der Waals surface area contributed by atoms with E-state index in [2.05, 4.69) is 24.1 Å². The number of piperidine rings is 1. The van der Waals surface area contributed by atoms with E-state index in [0.29, 0.717) is 31.5 Å². The molecular formula is C17H27N3O3. The number of nitrogens with one attached hydrogen (secondary N) is 1. The molecule has 2 unspecified atom stereocenters. The zero-order chi connectivity index (χ0) is 17.2. The number of carboxylic acids is 1. The molecule has 1 heterocycles. The summed E-state index contributed by atoms with van der Waals surface area (Å²) in [5.74, 6) is -1.15. The van der Waals surface area contributed by atoms with Gasteiger partial charge in [0.1, 0.15) is 11.6 Å². The average Bonchev–Trinajstić information content (AvgIpc) is 2.50. The summed E-state index contributed by atoms with van der Waals surface area (Å²) >= 11 is 0. The molecule has 0 aromatic carbocycles. The first kappa shape index (κ1) is 19.0. The van der Waals surface area contributed by atoms with Crippen LogP contribution in [0, 0.1) is 11.3 Å². The van der Waals surface area contributed by atoms with Crippen LogP contribution in [0.2, 0.25) is 0 Å². The van der Waals surface area contributed by atoms with E-state index >= 15 is 0 Å². The molecule has 2 atom stereocenters. The van der Waals surface area contributed by atoms with Gasteiger partial charge < -0.3 is 15.3 Å². The van der Waals surface area contributed by atoms with Gasteiger partial charge in [-0.15, -0.1) is 0 Å². The summed E-state index contributed by atoms with van der Waals surface area (Å²) in [7, 11) is 0. The predicted octanol–water partition coefficient (Wildman–Crippen LogP) is 2.42. The predicted molar refractivity (Wildman–Crippen MR) is 87.4 cm³/mol. The monoisotopic (exact) mass is 321 g/mol. The second-order valence-corrected chi connectivity index (χ2v) is 6.19. The number of unbranched alkanes of at least 4 members (excludes halogenated alkanes) is 2. The fraction of sp³-hybridized carbons (Fsp3) is 0.706. The first-order valence-corrected chi connectivity index (χ1v) is 8.35. The zero-order valence-corrected chi connectivity index (χ0v) is 14.0. The number of aliphatic carboxylic acids is 1. The maximum absolute atomic E-state index is 12.1. The Kier molecular flexibility index (Phi) is 8.17. The van der Waals surface area contributed by atoms with Gasteiger partial charge in [-0.05, 0) is 46.0 Å². The molecule has 1 aliphatic heterocycles. The number of nitriles is 1. The third kappa shape index (κ3) is 6.72. The van der Waals surface area contributed by atoms with Crippen molar-refractivity contribution in [3.05, 3.63) is 11.8 Å². The van der Waals surface area contributed by atoms with Crippen molar-refractivity contribution in [3.8, 4) is 6.07 Å². The number of carboxylic acid groups (broad SMARTS) is 1. The lowest BCUT2D eigenvalue weighted by atomic mass is 9.98. The molecule has 1 rings (SSSR count). The van der Waals surface area contributed by atoms with Crippen molar-refractivity contribution in [2.45, 2.75) is 70.9 Å². The van der Waals surface area contributed by atoms with Gasteiger partial charge in [-0.3, -0.25) is 9.59 Å². The van der Waals surface area contributed by atoms with Gasteiger partial charge in [-0.25, -0.2) is 0 Å². The van der Waals surface area contributed by atoms with Gasteiger partial charge in [-0.2, -0.15) is 5.26 Å². The van der Waals surface area contributed by atoms with Crippen LogP contribution >= 0.6 is 0 Å². The lowest BCUT2D eigenvalue weighted by Crippen LogP contribution is -2.40. The molecule has 23 heavy (non-hydrogen) atoms. The molecular weight excluding hydrogens is 294 g/mol. The average molecular weight is 321 g/mol. The summed E-state index contributed by atoms with van der Waals surface area (Å²) in [4.78, 5) is 24.6. The standard InChI is InChI=1S/C17H27N3O3/c1-13-7-6-8-14(2)20(13)12-15(11-18)17(23)19-10-5-3-4-9-16(21)22/h12-14H,3-10H2,1-2H3,(H,19,23)(H,21,22)/b15-12-. The second kappa shape index (κ2) is 9.88. The molecule has 128 valence electrons. The SMILES string of the molecule is CC1CCCC(C)N1/C=C(/C#N)C(=O)NCCCCCC(=O)O. The molecule has 1 amide bonds. The highest BCUT2D eigenvalue weighted by Crippen LogP contribution is 2.23. The normalized spacial score (nSPS) is 21.6. The zero-order valence-electron chi connectivity index (χ0n) is 14.0. The van der Waals surface area contributed by atoms with Crippen molar-refractivity contribution < 1.29 is 14.7 Å². The molecule has 0 radical (unpaired) electrons. The number of hydrogen-bond acceptors (Lipinski definition) is 4. The molecule has 0 aliphatic carbocycles. The fourth-order valence-corrected chi connectivity index (χ4v) is 2.86. The number of likely N-dealkylation sites (tertiary alicyclic amines) is 1. The van der Waals surface area contributed by atoms with Crippen molar-refractivity contribution in [1.29, 1.82) is 5.26 Å². The molecule has 0 saturated carbocycles. The van der Waals surface area contributed by atoms with Crippen LogP contribution in [-0.2, 0) is 9.59 Å². The van der Waals surface area contributed by atoms with E-state index in [0.717, 1.165) is 19.3 Å². The highest BCUT2D eigenvalue weighted by Gasteiger charge is 2.23. The summed E-state index contributed by atoms with van der Waals surface area (Å²) in [6.45, 7) is 4.69. The van der Waals surface area contributed by atoms with Gasteiger partial charge in [0.25, 0.3) is 5.91 Å². The first-order chi connectivity index (χ1) is 11.0. The van der Waals surface area contributed by atoms with Crippen molar-refractivity contribution in [1.82, 2.24) is 10.2 Å². The first-order valence-electron chi connectivity index (χ1n) is 8.35. The van der Waals surface area contributed by atoms with E-state index in [-0.39, 0.29) is 17.9 Å². The van der Waals surface area contributed by atoms with E-state index in [1.165, 1.54) is 6.42 Å². The Morgan fingerprint density at radius 3 is 2.48 bits per heavy atom. The quantitative estimate of drug-likeness (QED) is 0.407. The Bertz CT molecular complexity index is 472. The maximum Gasteiger partial charge on any atom is 0.303 e. The van der Waals surface area contributed by atoms with Crippen LogP contribution in [0.15, 0.2) is 11.8 Å². The van der Waals surface area contributed by atoms with Gasteiger partial charge >= 0.3 is 5.97 Å². The van der Waals surface area contributed by atoms with Crippen molar-refractivity contribution in [2.75, 3.05) is 6.54 Å². The molecule has 1 saturated heterocycles. The molecule has 0 aromatic rings. The number of carbonyl (C=O) groups is 2. The third-order valence-corrected chi connectivity index (χ3v) is 4.26.